The Bertz CT molecular complexity index is 266. The smallest absolute Gasteiger partial charge is 0.246 e. The molecule has 0 saturated carbocycles. The molecule has 1 fully saturated rings. The van der Waals surface area contributed by atoms with Gasteiger partial charge >= 0.3 is 0 Å². The Morgan fingerprint density at radius 1 is 1.13 bits per heavy atom. The fourth-order valence-electron chi connectivity index (χ4n) is 1.64. The Morgan fingerprint density at radius 2 is 1.60 bits per heavy atom. The Morgan fingerprint density at radius 3 is 2.00 bits per heavy atom. The highest BCUT2D eigenvalue weighted by Crippen LogP contribution is 2.07. The summed E-state index contributed by atoms with van der Waals surface area (Å²) in [5.74, 6) is 0.152. The summed E-state index contributed by atoms with van der Waals surface area (Å²) in [6, 6.07) is 0. The molecular weight excluding hydrogens is 192 g/mol. The molecule has 4 nitrogen and oxygen atoms in total. The number of piperazine rings is 1. The molecule has 0 aromatic carbocycles. The lowest BCUT2D eigenvalue weighted by Gasteiger charge is -2.35. The van der Waals surface area contributed by atoms with Crippen LogP contribution in [0.2, 0.25) is 0 Å². The van der Waals surface area contributed by atoms with Crippen molar-refractivity contribution in [1.82, 2.24) is 9.80 Å². The number of carbonyl (C=O) groups excluding carboxylic acids is 2. The molecule has 2 amide bonds. The van der Waals surface area contributed by atoms with Crippen molar-refractivity contribution < 1.29 is 9.59 Å². The summed E-state index contributed by atoms with van der Waals surface area (Å²) in [7, 11) is 0. The van der Waals surface area contributed by atoms with Gasteiger partial charge in [-0.05, 0) is 6.08 Å². The summed E-state index contributed by atoms with van der Waals surface area (Å²) in [6.45, 7) is 9.73. The molecule has 1 aliphatic rings. The van der Waals surface area contributed by atoms with E-state index in [-0.39, 0.29) is 17.7 Å². The second-order valence-electron chi connectivity index (χ2n) is 4.01. The Kier molecular flexibility index (Phi) is 3.88. The SMILES string of the molecule is C=CC(=O)N1CCN(C(=O)C(C)C)CC1. The second kappa shape index (κ2) is 4.96. The zero-order valence-electron chi connectivity index (χ0n) is 9.40. The molecule has 0 spiro atoms. The van der Waals surface area contributed by atoms with Gasteiger partial charge in [-0.2, -0.15) is 0 Å². The number of hydrogen-bond donors (Lipinski definition) is 0. The van der Waals surface area contributed by atoms with Crippen LogP contribution in [0, 0.1) is 5.92 Å². The van der Waals surface area contributed by atoms with Crippen molar-refractivity contribution in [3.8, 4) is 0 Å². The first-order valence-corrected chi connectivity index (χ1v) is 5.26. The van der Waals surface area contributed by atoms with Gasteiger partial charge in [0.1, 0.15) is 0 Å². The molecule has 1 saturated heterocycles. The summed E-state index contributed by atoms with van der Waals surface area (Å²) >= 11 is 0. The van der Waals surface area contributed by atoms with Crippen LogP contribution in [0.15, 0.2) is 12.7 Å². The van der Waals surface area contributed by atoms with Crippen molar-refractivity contribution in [2.75, 3.05) is 26.2 Å². The number of carbonyl (C=O) groups is 2. The Balaban J connectivity index is 2.45. The molecule has 1 heterocycles. The van der Waals surface area contributed by atoms with Crippen LogP contribution in [-0.2, 0) is 9.59 Å². The van der Waals surface area contributed by atoms with Crippen LogP contribution in [-0.4, -0.2) is 47.8 Å². The maximum Gasteiger partial charge on any atom is 0.246 e. The highest BCUT2D eigenvalue weighted by atomic mass is 16.2. The first kappa shape index (κ1) is 11.8. The quantitative estimate of drug-likeness (QED) is 0.623. The van der Waals surface area contributed by atoms with Gasteiger partial charge in [-0.25, -0.2) is 0 Å². The van der Waals surface area contributed by atoms with E-state index in [0.717, 1.165) is 0 Å². The second-order valence-corrected chi connectivity index (χ2v) is 4.01. The first-order chi connectivity index (χ1) is 7.06. The van der Waals surface area contributed by atoms with E-state index in [1.54, 1.807) is 4.90 Å². The zero-order valence-corrected chi connectivity index (χ0v) is 9.40. The minimum absolute atomic E-state index is 0.0339. The highest BCUT2D eigenvalue weighted by Gasteiger charge is 2.23. The minimum Gasteiger partial charge on any atom is -0.339 e. The molecule has 0 bridgehead atoms. The number of hydrogen-bond acceptors (Lipinski definition) is 2. The maximum atomic E-state index is 11.6. The first-order valence-electron chi connectivity index (χ1n) is 5.26. The third kappa shape index (κ3) is 2.81. The van der Waals surface area contributed by atoms with Crippen LogP contribution >= 0.6 is 0 Å². The third-order valence-corrected chi connectivity index (χ3v) is 2.57. The lowest BCUT2D eigenvalue weighted by molar-refractivity contribution is -0.139. The van der Waals surface area contributed by atoms with E-state index in [9.17, 15) is 9.59 Å². The summed E-state index contributed by atoms with van der Waals surface area (Å²) in [4.78, 5) is 26.5. The van der Waals surface area contributed by atoms with Gasteiger partial charge in [0.2, 0.25) is 11.8 Å². The molecule has 15 heavy (non-hydrogen) atoms. The average Bonchev–Trinajstić information content (AvgIpc) is 2.27. The molecule has 0 radical (unpaired) electrons. The van der Waals surface area contributed by atoms with Crippen molar-refractivity contribution in [2.24, 2.45) is 5.92 Å². The van der Waals surface area contributed by atoms with Crippen LogP contribution in [0.4, 0.5) is 0 Å². The van der Waals surface area contributed by atoms with E-state index in [2.05, 4.69) is 6.58 Å². The highest BCUT2D eigenvalue weighted by molar-refractivity contribution is 5.87. The molecule has 0 aliphatic carbocycles. The van der Waals surface area contributed by atoms with Gasteiger partial charge in [0, 0.05) is 32.1 Å². The molecule has 0 aromatic rings. The van der Waals surface area contributed by atoms with Crippen molar-refractivity contribution in [3.63, 3.8) is 0 Å². The third-order valence-electron chi connectivity index (χ3n) is 2.57. The van der Waals surface area contributed by atoms with Crippen LogP contribution in [0.5, 0.6) is 0 Å². The fourth-order valence-corrected chi connectivity index (χ4v) is 1.64. The van der Waals surface area contributed by atoms with E-state index < -0.39 is 0 Å². The Hall–Kier alpha value is -1.32. The van der Waals surface area contributed by atoms with Crippen LogP contribution in [0.1, 0.15) is 13.8 Å². The molecule has 1 aliphatic heterocycles. The van der Waals surface area contributed by atoms with E-state index >= 15 is 0 Å². The van der Waals surface area contributed by atoms with E-state index in [1.165, 1.54) is 6.08 Å². The molecule has 1 rings (SSSR count). The number of nitrogens with zero attached hydrogens (tertiary/aromatic N) is 2. The molecule has 84 valence electrons. The lowest BCUT2D eigenvalue weighted by Crippen LogP contribution is -2.51. The standard InChI is InChI=1S/C11H18N2O2/c1-4-10(14)12-5-7-13(8-6-12)11(15)9(2)3/h4,9H,1,5-8H2,2-3H3. The van der Waals surface area contributed by atoms with E-state index in [0.29, 0.717) is 26.2 Å². The van der Waals surface area contributed by atoms with Crippen molar-refractivity contribution in [3.05, 3.63) is 12.7 Å². The number of rotatable bonds is 2. The van der Waals surface area contributed by atoms with Gasteiger partial charge in [0.15, 0.2) is 0 Å². The van der Waals surface area contributed by atoms with Gasteiger partial charge in [-0.1, -0.05) is 20.4 Å². The van der Waals surface area contributed by atoms with Crippen LogP contribution in [0.3, 0.4) is 0 Å². The predicted molar refractivity (Wildman–Crippen MR) is 58.2 cm³/mol. The monoisotopic (exact) mass is 210 g/mol. The molecule has 0 N–H and O–H groups in total. The van der Waals surface area contributed by atoms with Crippen molar-refractivity contribution >= 4 is 11.8 Å². The topological polar surface area (TPSA) is 40.6 Å². The van der Waals surface area contributed by atoms with E-state index in [4.69, 9.17) is 0 Å². The average molecular weight is 210 g/mol. The summed E-state index contributed by atoms with van der Waals surface area (Å²) in [6.07, 6.45) is 1.32. The summed E-state index contributed by atoms with van der Waals surface area (Å²) in [5, 5.41) is 0. The molecule has 4 heteroatoms. The largest absolute Gasteiger partial charge is 0.339 e. The van der Waals surface area contributed by atoms with Gasteiger partial charge in [-0.15, -0.1) is 0 Å². The fraction of sp³-hybridized carbons (Fsp3) is 0.636. The lowest BCUT2D eigenvalue weighted by atomic mass is 10.1. The zero-order chi connectivity index (χ0) is 11.4. The normalized spacial score (nSPS) is 16.7. The summed E-state index contributed by atoms with van der Waals surface area (Å²) in [5.41, 5.74) is 0. The van der Waals surface area contributed by atoms with Gasteiger partial charge in [0.25, 0.3) is 0 Å². The van der Waals surface area contributed by atoms with E-state index in [1.807, 2.05) is 18.7 Å². The molecule has 0 unspecified atom stereocenters. The van der Waals surface area contributed by atoms with Crippen LogP contribution < -0.4 is 0 Å². The molecule has 0 aromatic heterocycles. The summed E-state index contributed by atoms with van der Waals surface area (Å²) < 4.78 is 0. The van der Waals surface area contributed by atoms with Crippen molar-refractivity contribution in [1.29, 1.82) is 0 Å². The minimum atomic E-state index is -0.0494. The van der Waals surface area contributed by atoms with Gasteiger partial charge < -0.3 is 9.80 Å². The molecular formula is C11H18N2O2. The maximum absolute atomic E-state index is 11.6. The Labute approximate surface area is 90.5 Å². The molecule has 0 atom stereocenters. The predicted octanol–water partition coefficient (Wildman–Crippen LogP) is 0.499. The van der Waals surface area contributed by atoms with Crippen molar-refractivity contribution in [2.45, 2.75) is 13.8 Å². The number of amides is 2. The van der Waals surface area contributed by atoms with Gasteiger partial charge in [0.05, 0.1) is 0 Å². The van der Waals surface area contributed by atoms with Gasteiger partial charge in [-0.3, -0.25) is 9.59 Å². The van der Waals surface area contributed by atoms with Crippen LogP contribution in [0.25, 0.3) is 0 Å².